The van der Waals surface area contributed by atoms with Crippen LogP contribution in [0.2, 0.25) is 0 Å². The second-order valence-corrected chi connectivity index (χ2v) is 7.18. The second kappa shape index (κ2) is 7.64. The number of rotatable bonds is 5. The van der Waals surface area contributed by atoms with Gasteiger partial charge in [-0.05, 0) is 42.5 Å². The van der Waals surface area contributed by atoms with Gasteiger partial charge in [-0.3, -0.25) is 4.79 Å². The lowest BCUT2D eigenvalue weighted by Crippen LogP contribution is -2.15. The zero-order valence-electron chi connectivity index (χ0n) is 16.0. The summed E-state index contributed by atoms with van der Waals surface area (Å²) in [5.74, 6) is 0.539. The summed E-state index contributed by atoms with van der Waals surface area (Å²) in [6.45, 7) is 0. The van der Waals surface area contributed by atoms with Crippen molar-refractivity contribution in [2.24, 2.45) is 5.73 Å². The normalized spacial score (nSPS) is 10.9. The van der Waals surface area contributed by atoms with Crippen LogP contribution in [-0.2, 0) is 0 Å². The molecule has 0 atom stereocenters. The molecule has 0 saturated carbocycles. The highest BCUT2D eigenvalue weighted by Crippen LogP contribution is 2.32. The number of nitrogens with zero attached hydrogens (tertiary/aromatic N) is 3. The maximum atomic E-state index is 12.7. The highest BCUT2D eigenvalue weighted by molar-refractivity contribution is 9.10. The number of primary amides is 1. The number of hydrogen-bond acceptors (Lipinski definition) is 6. The van der Waals surface area contributed by atoms with E-state index in [9.17, 15) is 9.59 Å². The van der Waals surface area contributed by atoms with Crippen molar-refractivity contribution >= 4 is 33.0 Å². The number of carbonyl (C=O) groups is 1. The third-order valence-electron chi connectivity index (χ3n) is 4.50. The Kier molecular flexibility index (Phi) is 5.00. The van der Waals surface area contributed by atoms with Gasteiger partial charge in [-0.25, -0.2) is 19.3 Å². The molecule has 0 unspecified atom stereocenters. The molecule has 0 spiro atoms. The SMILES string of the molecule is COc1ccc(-n2c(=O)[nH]c3c(C(N)=O)nc(-c4cc(Br)ccc4OC)nc32)cc1. The van der Waals surface area contributed by atoms with E-state index in [-0.39, 0.29) is 22.7 Å². The van der Waals surface area contributed by atoms with Crippen molar-refractivity contribution in [3.05, 3.63) is 63.1 Å². The minimum atomic E-state index is -0.791. The Morgan fingerprint density at radius 1 is 1.10 bits per heavy atom. The Bertz CT molecular complexity index is 1330. The molecule has 4 aromatic rings. The summed E-state index contributed by atoms with van der Waals surface area (Å²) < 4.78 is 12.7. The van der Waals surface area contributed by atoms with E-state index in [0.717, 1.165) is 4.47 Å². The molecule has 0 fully saturated rings. The summed E-state index contributed by atoms with van der Waals surface area (Å²) in [6.07, 6.45) is 0. The number of methoxy groups -OCH3 is 2. The van der Waals surface area contributed by atoms with Crippen LogP contribution in [0.4, 0.5) is 0 Å². The first-order valence-electron chi connectivity index (χ1n) is 8.74. The highest BCUT2D eigenvalue weighted by atomic mass is 79.9. The number of aromatic nitrogens is 4. The molecular formula is C20H16BrN5O4. The predicted octanol–water partition coefficient (Wildman–Crippen LogP) is 2.65. The summed E-state index contributed by atoms with van der Waals surface area (Å²) in [5, 5.41) is 0. The van der Waals surface area contributed by atoms with Gasteiger partial charge in [-0.15, -0.1) is 0 Å². The lowest BCUT2D eigenvalue weighted by molar-refractivity contribution is 0.0997. The van der Waals surface area contributed by atoms with Crippen LogP contribution in [0.5, 0.6) is 11.5 Å². The van der Waals surface area contributed by atoms with Gasteiger partial charge in [0.15, 0.2) is 17.2 Å². The lowest BCUT2D eigenvalue weighted by atomic mass is 10.1. The average Bonchev–Trinajstić information content (AvgIpc) is 3.08. The molecule has 152 valence electrons. The van der Waals surface area contributed by atoms with E-state index in [4.69, 9.17) is 15.2 Å². The Hall–Kier alpha value is -3.66. The number of fused-ring (bicyclic) bond motifs is 1. The maximum absolute atomic E-state index is 12.7. The number of amides is 1. The third-order valence-corrected chi connectivity index (χ3v) is 5.00. The monoisotopic (exact) mass is 469 g/mol. The van der Waals surface area contributed by atoms with Crippen molar-refractivity contribution in [3.8, 4) is 28.6 Å². The number of benzene rings is 2. The highest BCUT2D eigenvalue weighted by Gasteiger charge is 2.21. The van der Waals surface area contributed by atoms with Crippen LogP contribution >= 0.6 is 15.9 Å². The van der Waals surface area contributed by atoms with Crippen molar-refractivity contribution in [2.45, 2.75) is 0 Å². The molecule has 0 bridgehead atoms. The molecule has 0 saturated heterocycles. The van der Waals surface area contributed by atoms with E-state index < -0.39 is 11.6 Å². The van der Waals surface area contributed by atoms with E-state index in [1.54, 1.807) is 49.6 Å². The average molecular weight is 470 g/mol. The van der Waals surface area contributed by atoms with Gasteiger partial charge < -0.3 is 20.2 Å². The number of nitrogens with two attached hydrogens (primary N) is 1. The summed E-state index contributed by atoms with van der Waals surface area (Å²) >= 11 is 3.41. The minimum Gasteiger partial charge on any atom is -0.497 e. The van der Waals surface area contributed by atoms with Crippen LogP contribution < -0.4 is 20.9 Å². The molecule has 30 heavy (non-hydrogen) atoms. The number of imidazole rings is 1. The number of ether oxygens (including phenoxy) is 2. The number of H-pyrrole nitrogens is 1. The van der Waals surface area contributed by atoms with Crippen LogP contribution in [0.15, 0.2) is 51.7 Å². The van der Waals surface area contributed by atoms with Gasteiger partial charge in [0.1, 0.15) is 17.0 Å². The molecule has 2 heterocycles. The van der Waals surface area contributed by atoms with Crippen LogP contribution in [0.1, 0.15) is 10.5 Å². The first kappa shape index (κ1) is 19.6. The van der Waals surface area contributed by atoms with Gasteiger partial charge in [-0.1, -0.05) is 15.9 Å². The van der Waals surface area contributed by atoms with Gasteiger partial charge in [0, 0.05) is 4.47 Å². The number of hydrogen-bond donors (Lipinski definition) is 2. The summed E-state index contributed by atoms with van der Waals surface area (Å²) in [4.78, 5) is 36.3. The lowest BCUT2D eigenvalue weighted by Gasteiger charge is -2.10. The molecule has 3 N–H and O–H groups in total. The van der Waals surface area contributed by atoms with Crippen molar-refractivity contribution in [3.63, 3.8) is 0 Å². The van der Waals surface area contributed by atoms with Crippen molar-refractivity contribution in [2.75, 3.05) is 14.2 Å². The van der Waals surface area contributed by atoms with E-state index in [1.807, 2.05) is 0 Å². The topological polar surface area (TPSA) is 125 Å². The predicted molar refractivity (Wildman–Crippen MR) is 114 cm³/mol. The van der Waals surface area contributed by atoms with E-state index >= 15 is 0 Å². The number of halogens is 1. The van der Waals surface area contributed by atoms with E-state index in [2.05, 4.69) is 30.9 Å². The molecule has 0 aliphatic rings. The Balaban J connectivity index is 2.04. The quantitative estimate of drug-likeness (QED) is 0.462. The Morgan fingerprint density at radius 2 is 1.83 bits per heavy atom. The number of nitrogens with one attached hydrogen (secondary N) is 1. The molecule has 2 aromatic heterocycles. The second-order valence-electron chi connectivity index (χ2n) is 6.27. The molecule has 4 rings (SSSR count). The Morgan fingerprint density at radius 3 is 2.47 bits per heavy atom. The molecule has 0 aliphatic heterocycles. The van der Waals surface area contributed by atoms with Gasteiger partial charge in [0.05, 0.1) is 25.5 Å². The fourth-order valence-corrected chi connectivity index (χ4v) is 3.47. The van der Waals surface area contributed by atoms with Crippen LogP contribution in [0, 0.1) is 0 Å². The van der Waals surface area contributed by atoms with Crippen molar-refractivity contribution in [1.82, 2.24) is 19.5 Å². The zero-order chi connectivity index (χ0) is 21.4. The molecule has 1 amide bonds. The fraction of sp³-hybridized carbons (Fsp3) is 0.100. The van der Waals surface area contributed by atoms with Crippen molar-refractivity contribution < 1.29 is 14.3 Å². The minimum absolute atomic E-state index is 0.0959. The number of carbonyl (C=O) groups excluding carboxylic acids is 1. The van der Waals surface area contributed by atoms with Crippen LogP contribution in [0.25, 0.3) is 28.2 Å². The summed E-state index contributed by atoms with van der Waals surface area (Å²) in [5.41, 5.74) is 6.41. The zero-order valence-corrected chi connectivity index (χ0v) is 17.6. The fourth-order valence-electron chi connectivity index (χ4n) is 3.11. The molecular weight excluding hydrogens is 454 g/mol. The molecule has 2 aromatic carbocycles. The van der Waals surface area contributed by atoms with E-state index in [0.29, 0.717) is 22.7 Å². The number of aromatic amines is 1. The maximum Gasteiger partial charge on any atom is 0.332 e. The first-order valence-corrected chi connectivity index (χ1v) is 9.53. The van der Waals surface area contributed by atoms with Gasteiger partial charge in [0.25, 0.3) is 5.91 Å². The van der Waals surface area contributed by atoms with Crippen LogP contribution in [0.3, 0.4) is 0 Å². The summed E-state index contributed by atoms with van der Waals surface area (Å²) in [6, 6.07) is 12.2. The smallest absolute Gasteiger partial charge is 0.332 e. The molecule has 9 nitrogen and oxygen atoms in total. The molecule has 0 radical (unpaired) electrons. The molecule has 0 aliphatic carbocycles. The Labute approximate surface area is 178 Å². The van der Waals surface area contributed by atoms with E-state index in [1.165, 1.54) is 11.7 Å². The molecule has 10 heteroatoms. The van der Waals surface area contributed by atoms with Gasteiger partial charge >= 0.3 is 5.69 Å². The first-order chi connectivity index (χ1) is 14.4. The van der Waals surface area contributed by atoms with Gasteiger partial charge in [-0.2, -0.15) is 0 Å². The van der Waals surface area contributed by atoms with Crippen LogP contribution in [-0.4, -0.2) is 39.6 Å². The largest absolute Gasteiger partial charge is 0.497 e. The summed E-state index contributed by atoms with van der Waals surface area (Å²) in [7, 11) is 3.07. The van der Waals surface area contributed by atoms with Crippen molar-refractivity contribution in [1.29, 1.82) is 0 Å². The van der Waals surface area contributed by atoms with Gasteiger partial charge in [0.2, 0.25) is 0 Å². The standard InChI is InChI=1S/C20H16BrN5O4/c1-29-12-6-4-11(5-7-12)26-19-16(24-20(26)28)15(17(22)27)23-18(25-19)13-9-10(21)3-8-14(13)30-2/h3-9H,1-2H3,(H2,22,27)(H,24,28). The third kappa shape index (κ3) is 3.30.